The van der Waals surface area contributed by atoms with Gasteiger partial charge in [-0.3, -0.25) is 4.63 Å². The fraction of sp³-hybridized carbons (Fsp3) is 0.227. The van der Waals surface area contributed by atoms with Crippen LogP contribution >= 0.6 is 0 Å². The van der Waals surface area contributed by atoms with Gasteiger partial charge in [0.2, 0.25) is 0 Å². The minimum Gasteiger partial charge on any atom is -0.490 e. The summed E-state index contributed by atoms with van der Waals surface area (Å²) in [5.41, 5.74) is 1.51. The molecule has 4 rings (SSSR count). The molecule has 33 heavy (non-hydrogen) atoms. The first-order valence-electron chi connectivity index (χ1n) is 10.0. The lowest BCUT2D eigenvalue weighted by atomic mass is 10.0. The summed E-state index contributed by atoms with van der Waals surface area (Å²) in [6, 6.07) is 12.5. The average Bonchev–Trinajstić information content (AvgIpc) is 3.18. The predicted octanol–water partition coefficient (Wildman–Crippen LogP) is 2.58. The van der Waals surface area contributed by atoms with Crippen LogP contribution in [0.1, 0.15) is 18.1 Å². The van der Waals surface area contributed by atoms with Crippen molar-refractivity contribution in [2.45, 2.75) is 30.2 Å². The Labute approximate surface area is 188 Å². The summed E-state index contributed by atoms with van der Waals surface area (Å²) in [5, 5.41) is 15.4. The number of hydrogen-bond acceptors (Lipinski definition) is 9. The molecular weight excluding hydrogens is 452 g/mol. The summed E-state index contributed by atoms with van der Waals surface area (Å²) in [5.74, 6) is -0.0428. The van der Waals surface area contributed by atoms with Crippen LogP contribution in [-0.2, 0) is 16.3 Å². The molecule has 0 radical (unpaired) electrons. The lowest BCUT2D eigenvalue weighted by Crippen LogP contribution is -2.31. The molecule has 0 spiro atoms. The van der Waals surface area contributed by atoms with Gasteiger partial charge in [-0.05, 0) is 48.1 Å². The zero-order chi connectivity index (χ0) is 23.6. The van der Waals surface area contributed by atoms with Crippen molar-refractivity contribution in [3.63, 3.8) is 0 Å². The van der Waals surface area contributed by atoms with Gasteiger partial charge in [-0.1, -0.05) is 25.1 Å². The lowest BCUT2D eigenvalue weighted by molar-refractivity contribution is -0.832. The van der Waals surface area contributed by atoms with E-state index in [1.54, 1.807) is 24.3 Å². The van der Waals surface area contributed by atoms with Crippen LogP contribution in [0, 0.1) is 12.1 Å². The highest BCUT2D eigenvalue weighted by molar-refractivity contribution is 7.91. The van der Waals surface area contributed by atoms with Crippen LogP contribution in [0.3, 0.4) is 0 Å². The maximum Gasteiger partial charge on any atom is 0.415 e. The highest BCUT2D eigenvalue weighted by Gasteiger charge is 2.35. The molecule has 0 unspecified atom stereocenters. The third-order valence-electron chi connectivity index (χ3n) is 5.06. The summed E-state index contributed by atoms with van der Waals surface area (Å²) >= 11 is 0. The van der Waals surface area contributed by atoms with E-state index in [1.807, 2.05) is 13.8 Å². The molecule has 11 heteroatoms. The number of rotatable bonds is 8. The number of nitrogens with zero attached hydrogens (tertiary/aromatic N) is 2. The quantitative estimate of drug-likeness (QED) is 0.215. The molecule has 2 aromatic heterocycles. The van der Waals surface area contributed by atoms with Crippen LogP contribution in [0.15, 0.2) is 72.3 Å². The molecule has 10 nitrogen and oxygen atoms in total. The summed E-state index contributed by atoms with van der Waals surface area (Å²) in [4.78, 5) is 11.8. The molecule has 0 atom stereocenters. The first-order valence-corrected chi connectivity index (χ1v) is 11.5. The van der Waals surface area contributed by atoms with Crippen LogP contribution in [0.5, 0.6) is 11.6 Å². The first-order chi connectivity index (χ1) is 15.8. The van der Waals surface area contributed by atoms with Gasteiger partial charge in [-0.25, -0.2) is 13.2 Å². The summed E-state index contributed by atoms with van der Waals surface area (Å²) in [7, 11) is -4.20. The molecule has 2 heterocycles. The van der Waals surface area contributed by atoms with Crippen LogP contribution in [0.25, 0.3) is 11.0 Å². The van der Waals surface area contributed by atoms with Crippen LogP contribution < -0.4 is 20.0 Å². The third-order valence-corrected chi connectivity index (χ3v) is 6.78. The van der Waals surface area contributed by atoms with E-state index in [4.69, 9.17) is 13.9 Å². The first kappa shape index (κ1) is 22.3. The number of fused-ring (bicyclic) bond motifs is 1. The number of hydrogen-bond donors (Lipinski definition) is 0. The largest absolute Gasteiger partial charge is 0.490 e. The smallest absolute Gasteiger partial charge is 0.415 e. The van der Waals surface area contributed by atoms with Crippen LogP contribution in [-0.4, -0.2) is 26.8 Å². The second kappa shape index (κ2) is 8.94. The van der Waals surface area contributed by atoms with Gasteiger partial charge in [0.05, 0.1) is 10.1 Å². The Morgan fingerprint density at radius 2 is 1.82 bits per heavy atom. The van der Waals surface area contributed by atoms with Crippen molar-refractivity contribution in [2.75, 3.05) is 13.2 Å². The molecule has 0 bridgehead atoms. The number of sulfone groups is 1. The van der Waals surface area contributed by atoms with Gasteiger partial charge in [0.25, 0.3) is 9.84 Å². The van der Waals surface area contributed by atoms with E-state index in [-0.39, 0.29) is 28.6 Å². The SMILES string of the molecule is CCc1c(C)c2ccc(OCCOc3no[n+]([O-])c3S(=O)(=O)c3ccccc3)cc2oc1=O. The predicted molar refractivity (Wildman–Crippen MR) is 115 cm³/mol. The fourth-order valence-electron chi connectivity index (χ4n) is 3.41. The van der Waals surface area contributed by atoms with E-state index in [0.717, 1.165) is 10.9 Å². The number of aromatic nitrogens is 2. The van der Waals surface area contributed by atoms with Crippen molar-refractivity contribution in [1.29, 1.82) is 0 Å². The van der Waals surface area contributed by atoms with Crippen molar-refractivity contribution < 1.29 is 31.8 Å². The van der Waals surface area contributed by atoms with Gasteiger partial charge in [0.15, 0.2) is 0 Å². The number of benzene rings is 2. The maximum atomic E-state index is 12.7. The Morgan fingerprint density at radius 1 is 1.09 bits per heavy atom. The molecule has 0 amide bonds. The van der Waals surface area contributed by atoms with Crippen LogP contribution in [0.2, 0.25) is 0 Å². The maximum absolute atomic E-state index is 12.7. The van der Waals surface area contributed by atoms with E-state index >= 15 is 0 Å². The molecule has 172 valence electrons. The summed E-state index contributed by atoms with van der Waals surface area (Å²) in [6.07, 6.45) is 0.576. The Hall–Kier alpha value is -3.86. The molecule has 0 aliphatic heterocycles. The Bertz CT molecular complexity index is 1460. The van der Waals surface area contributed by atoms with Gasteiger partial charge < -0.3 is 19.1 Å². The van der Waals surface area contributed by atoms with Gasteiger partial charge in [-0.2, -0.15) is 0 Å². The highest BCUT2D eigenvalue weighted by Crippen LogP contribution is 2.26. The molecule has 0 aliphatic rings. The Kier molecular flexibility index (Phi) is 6.05. The lowest BCUT2D eigenvalue weighted by Gasteiger charge is -2.09. The summed E-state index contributed by atoms with van der Waals surface area (Å²) in [6.45, 7) is 3.63. The van der Waals surface area contributed by atoms with E-state index < -0.39 is 20.7 Å². The Balaban J connectivity index is 1.46. The van der Waals surface area contributed by atoms with E-state index in [2.05, 4.69) is 9.79 Å². The average molecular weight is 472 g/mol. The molecule has 0 N–H and O–H groups in total. The van der Waals surface area contributed by atoms with Crippen molar-refractivity contribution in [3.8, 4) is 11.6 Å². The number of aryl methyl sites for hydroxylation is 1. The highest BCUT2D eigenvalue weighted by atomic mass is 32.2. The minimum atomic E-state index is -4.20. The molecule has 4 aromatic rings. The Morgan fingerprint density at radius 3 is 2.55 bits per heavy atom. The topological polar surface area (TPSA) is 136 Å². The molecule has 0 saturated heterocycles. The molecule has 0 fully saturated rings. The van der Waals surface area contributed by atoms with Crippen LogP contribution in [0.4, 0.5) is 0 Å². The molecule has 0 aliphatic carbocycles. The monoisotopic (exact) mass is 472 g/mol. The zero-order valence-corrected chi connectivity index (χ0v) is 18.6. The standard InChI is InChI=1S/C22H20N2O8S/c1-3-17-14(2)18-10-9-15(13-19(18)31-22(17)25)29-11-12-30-20-21(24(26)32-23-20)33(27,28)16-7-5-4-6-8-16/h4-10,13H,3,11-12H2,1-2H3. The van der Waals surface area contributed by atoms with Gasteiger partial charge >= 0.3 is 16.5 Å². The second-order valence-electron chi connectivity index (χ2n) is 7.06. The van der Waals surface area contributed by atoms with E-state index in [9.17, 15) is 18.4 Å². The van der Waals surface area contributed by atoms with E-state index in [0.29, 0.717) is 23.3 Å². The molecule has 2 aromatic carbocycles. The second-order valence-corrected chi connectivity index (χ2v) is 8.92. The molecule has 0 saturated carbocycles. The van der Waals surface area contributed by atoms with Gasteiger partial charge in [0, 0.05) is 17.0 Å². The third kappa shape index (κ3) is 4.27. The zero-order valence-electron chi connectivity index (χ0n) is 17.8. The van der Waals surface area contributed by atoms with E-state index in [1.165, 1.54) is 24.3 Å². The number of ether oxygens (including phenoxy) is 2. The van der Waals surface area contributed by atoms with Gasteiger partial charge in [-0.15, -0.1) is 0 Å². The fourth-order valence-corrected chi connectivity index (χ4v) is 4.71. The van der Waals surface area contributed by atoms with Crippen molar-refractivity contribution in [2.24, 2.45) is 0 Å². The molecular formula is C22H20N2O8S. The normalized spacial score (nSPS) is 11.6. The van der Waals surface area contributed by atoms with Crippen molar-refractivity contribution in [3.05, 3.63) is 75.3 Å². The summed E-state index contributed by atoms with van der Waals surface area (Å²) < 4.78 is 46.3. The van der Waals surface area contributed by atoms with Crippen molar-refractivity contribution in [1.82, 2.24) is 5.16 Å². The van der Waals surface area contributed by atoms with Gasteiger partial charge in [0.1, 0.15) is 24.5 Å². The van der Waals surface area contributed by atoms with Crippen molar-refractivity contribution >= 4 is 20.8 Å². The minimum absolute atomic E-state index is 0.00168.